The number of amides is 3. The summed E-state index contributed by atoms with van der Waals surface area (Å²) in [6.45, 7) is 5.80. The van der Waals surface area contributed by atoms with Gasteiger partial charge in [-0.15, -0.1) is 6.42 Å². The van der Waals surface area contributed by atoms with Gasteiger partial charge in [0.25, 0.3) is 0 Å². The lowest BCUT2D eigenvalue weighted by Gasteiger charge is -2.34. The van der Waals surface area contributed by atoms with E-state index in [0.717, 1.165) is 11.1 Å². The van der Waals surface area contributed by atoms with Gasteiger partial charge in [-0.25, -0.2) is 4.79 Å². The van der Waals surface area contributed by atoms with Crippen molar-refractivity contribution in [3.8, 4) is 12.3 Å². The summed E-state index contributed by atoms with van der Waals surface area (Å²) in [5, 5.41) is 5.52. The number of terminal acetylenes is 1. The topological polar surface area (TPSA) is 87.7 Å². The predicted molar refractivity (Wildman–Crippen MR) is 134 cm³/mol. The molecule has 1 heterocycles. The fourth-order valence-corrected chi connectivity index (χ4v) is 4.36. The van der Waals surface area contributed by atoms with E-state index in [-0.39, 0.29) is 18.4 Å². The number of alkyl carbamates (subject to hydrolysis) is 1. The van der Waals surface area contributed by atoms with Crippen molar-refractivity contribution in [2.75, 3.05) is 13.1 Å². The molecule has 2 aromatic rings. The molecular formula is C28H33N3O4. The molecule has 0 saturated carbocycles. The number of nitrogens with zero attached hydrogens (tertiary/aromatic N) is 1. The maximum absolute atomic E-state index is 14.1. The molecule has 7 heteroatoms. The van der Waals surface area contributed by atoms with E-state index >= 15 is 0 Å². The second-order valence-electron chi connectivity index (χ2n) is 9.53. The average molecular weight is 476 g/mol. The van der Waals surface area contributed by atoms with Crippen LogP contribution in [0.25, 0.3) is 0 Å². The van der Waals surface area contributed by atoms with E-state index in [9.17, 15) is 14.4 Å². The summed E-state index contributed by atoms with van der Waals surface area (Å²) in [7, 11) is 0. The number of rotatable bonds is 7. The molecular weight excluding hydrogens is 442 g/mol. The summed E-state index contributed by atoms with van der Waals surface area (Å²) >= 11 is 0. The van der Waals surface area contributed by atoms with Gasteiger partial charge in [0.2, 0.25) is 11.8 Å². The van der Waals surface area contributed by atoms with Gasteiger partial charge in [-0.3, -0.25) is 9.59 Å². The Morgan fingerprint density at radius 3 is 2.14 bits per heavy atom. The number of carbonyl (C=O) groups excluding carboxylic acids is 3. The summed E-state index contributed by atoms with van der Waals surface area (Å²) in [5.74, 6) is 1.26. The normalized spacial score (nSPS) is 16.3. The van der Waals surface area contributed by atoms with Gasteiger partial charge in [-0.2, -0.15) is 0 Å². The van der Waals surface area contributed by atoms with Crippen molar-refractivity contribution >= 4 is 17.9 Å². The third kappa shape index (κ3) is 6.86. The van der Waals surface area contributed by atoms with Crippen molar-refractivity contribution in [3.05, 3.63) is 71.8 Å². The molecule has 1 saturated heterocycles. The van der Waals surface area contributed by atoms with Crippen LogP contribution in [0.2, 0.25) is 0 Å². The van der Waals surface area contributed by atoms with Gasteiger partial charge in [0.15, 0.2) is 0 Å². The quantitative estimate of drug-likeness (QED) is 0.601. The molecule has 1 aliphatic heterocycles. The zero-order valence-corrected chi connectivity index (χ0v) is 20.5. The second kappa shape index (κ2) is 11.6. The number of ether oxygens (including phenoxy) is 1. The monoisotopic (exact) mass is 475 g/mol. The zero-order valence-electron chi connectivity index (χ0n) is 20.5. The lowest BCUT2D eigenvalue weighted by molar-refractivity contribution is -0.140. The Morgan fingerprint density at radius 1 is 1.06 bits per heavy atom. The van der Waals surface area contributed by atoms with Crippen LogP contribution in [0.3, 0.4) is 0 Å². The molecule has 184 valence electrons. The maximum atomic E-state index is 14.1. The number of hydrogen-bond donors (Lipinski definition) is 2. The van der Waals surface area contributed by atoms with E-state index in [0.29, 0.717) is 19.4 Å². The van der Waals surface area contributed by atoms with Gasteiger partial charge in [0.05, 0.1) is 6.54 Å². The Morgan fingerprint density at radius 2 is 1.63 bits per heavy atom. The number of hydrogen-bond acceptors (Lipinski definition) is 4. The molecule has 3 amide bonds. The van der Waals surface area contributed by atoms with Gasteiger partial charge in [-0.05, 0) is 44.7 Å². The van der Waals surface area contributed by atoms with Crippen LogP contribution in [0.4, 0.5) is 4.79 Å². The summed E-state index contributed by atoms with van der Waals surface area (Å²) in [5.41, 5.74) is 0.985. The van der Waals surface area contributed by atoms with E-state index in [1.807, 2.05) is 60.7 Å². The molecule has 2 N–H and O–H groups in total. The highest BCUT2D eigenvalue weighted by Crippen LogP contribution is 2.31. The molecule has 35 heavy (non-hydrogen) atoms. The Hall–Kier alpha value is -3.79. The number of carbonyl (C=O) groups is 3. The molecule has 0 bridgehead atoms. The fourth-order valence-electron chi connectivity index (χ4n) is 4.36. The molecule has 1 aliphatic rings. The molecule has 3 rings (SSSR count). The Kier molecular flexibility index (Phi) is 8.53. The molecule has 0 spiro atoms. The Balaban J connectivity index is 2.02. The van der Waals surface area contributed by atoms with Crippen LogP contribution in [-0.2, 0) is 14.3 Å². The predicted octanol–water partition coefficient (Wildman–Crippen LogP) is 3.45. The van der Waals surface area contributed by atoms with Crippen molar-refractivity contribution in [2.45, 2.75) is 57.2 Å². The van der Waals surface area contributed by atoms with Crippen molar-refractivity contribution in [2.24, 2.45) is 0 Å². The first kappa shape index (κ1) is 25.8. The lowest BCUT2D eigenvalue weighted by atomic mass is 9.84. The van der Waals surface area contributed by atoms with Crippen LogP contribution in [-0.4, -0.2) is 53.6 Å². The highest BCUT2D eigenvalue weighted by Gasteiger charge is 2.41. The maximum Gasteiger partial charge on any atom is 0.408 e. The molecule has 0 aliphatic carbocycles. The van der Waals surface area contributed by atoms with Crippen LogP contribution in [0.5, 0.6) is 0 Å². The minimum atomic E-state index is -0.990. The van der Waals surface area contributed by atoms with Crippen LogP contribution in [0.1, 0.15) is 50.7 Å². The minimum Gasteiger partial charge on any atom is -0.444 e. The highest BCUT2D eigenvalue weighted by atomic mass is 16.6. The molecule has 0 aromatic heterocycles. The molecule has 2 aromatic carbocycles. The van der Waals surface area contributed by atoms with E-state index in [4.69, 9.17) is 11.2 Å². The first-order chi connectivity index (χ1) is 16.7. The van der Waals surface area contributed by atoms with Crippen molar-refractivity contribution in [1.29, 1.82) is 0 Å². The van der Waals surface area contributed by atoms with E-state index in [2.05, 4.69) is 16.6 Å². The van der Waals surface area contributed by atoms with E-state index in [1.54, 1.807) is 25.7 Å². The summed E-state index contributed by atoms with van der Waals surface area (Å²) in [6, 6.07) is 17.4. The van der Waals surface area contributed by atoms with Crippen LogP contribution >= 0.6 is 0 Å². The summed E-state index contributed by atoms with van der Waals surface area (Å²) in [4.78, 5) is 41.3. The molecule has 0 radical (unpaired) electrons. The van der Waals surface area contributed by atoms with Gasteiger partial charge in [0, 0.05) is 12.5 Å². The molecule has 2 atom stereocenters. The first-order valence-electron chi connectivity index (χ1n) is 11.8. The first-order valence-corrected chi connectivity index (χ1v) is 11.8. The number of benzene rings is 2. The van der Waals surface area contributed by atoms with Crippen molar-refractivity contribution in [1.82, 2.24) is 15.5 Å². The highest BCUT2D eigenvalue weighted by molar-refractivity contribution is 5.93. The second-order valence-corrected chi connectivity index (χ2v) is 9.53. The number of nitrogens with one attached hydrogen (secondary N) is 2. The Bertz CT molecular complexity index is 1020. The van der Waals surface area contributed by atoms with Crippen molar-refractivity contribution < 1.29 is 19.1 Å². The van der Waals surface area contributed by atoms with E-state index < -0.39 is 29.7 Å². The third-order valence-corrected chi connectivity index (χ3v) is 5.79. The van der Waals surface area contributed by atoms with Gasteiger partial charge in [0.1, 0.15) is 17.7 Å². The van der Waals surface area contributed by atoms with Crippen LogP contribution in [0, 0.1) is 12.3 Å². The summed E-state index contributed by atoms with van der Waals surface area (Å²) < 4.78 is 5.51. The van der Waals surface area contributed by atoms with Gasteiger partial charge in [-0.1, -0.05) is 66.6 Å². The van der Waals surface area contributed by atoms with Crippen LogP contribution < -0.4 is 10.6 Å². The summed E-state index contributed by atoms with van der Waals surface area (Å²) in [6.07, 6.45) is 5.80. The van der Waals surface area contributed by atoms with E-state index in [1.165, 1.54) is 0 Å². The fraction of sp³-hybridized carbons (Fsp3) is 0.393. The molecule has 0 unspecified atom stereocenters. The van der Waals surface area contributed by atoms with Gasteiger partial charge < -0.3 is 20.3 Å². The number of likely N-dealkylation sites (tertiary alicyclic amines) is 1. The zero-order chi connectivity index (χ0) is 25.4. The molecule has 7 nitrogen and oxygen atoms in total. The van der Waals surface area contributed by atoms with Gasteiger partial charge >= 0.3 is 6.09 Å². The minimum absolute atomic E-state index is 0.0909. The molecule has 1 fully saturated rings. The largest absolute Gasteiger partial charge is 0.444 e. The van der Waals surface area contributed by atoms with Crippen molar-refractivity contribution in [3.63, 3.8) is 0 Å². The Labute approximate surface area is 207 Å². The SMILES string of the molecule is C#CCNC(=O)[C@@H]1CCCN1C(=O)[C@H](NC(=O)OC(C)(C)C)C(c1ccccc1)c1ccccc1. The third-order valence-electron chi connectivity index (χ3n) is 5.79. The average Bonchev–Trinajstić information content (AvgIpc) is 3.32. The smallest absolute Gasteiger partial charge is 0.408 e. The van der Waals surface area contributed by atoms with Crippen LogP contribution in [0.15, 0.2) is 60.7 Å². The lowest BCUT2D eigenvalue weighted by Crippen LogP contribution is -2.56. The standard InChI is InChI=1S/C28H33N3O4/c1-5-18-29-25(32)22-17-12-19-31(22)26(33)24(30-27(34)35-28(2,3)4)23(20-13-8-6-9-14-20)21-15-10-7-11-16-21/h1,6-11,13-16,22-24H,12,17-19H2,2-4H3,(H,29,32)(H,30,34)/t22-,24+/m0/s1.